The zero-order chi connectivity index (χ0) is 15.0. The van der Waals surface area contributed by atoms with Gasteiger partial charge < -0.3 is 21.0 Å². The van der Waals surface area contributed by atoms with Crippen LogP contribution in [-0.4, -0.2) is 24.1 Å². The van der Waals surface area contributed by atoms with Gasteiger partial charge in [-0.05, 0) is 12.5 Å². The first-order valence-electron chi connectivity index (χ1n) is 6.49. The molecule has 1 aromatic carbocycles. The zero-order valence-corrected chi connectivity index (χ0v) is 11.8. The van der Waals surface area contributed by atoms with Crippen molar-refractivity contribution in [3.05, 3.63) is 29.8 Å². The molecule has 4 N–H and O–H groups in total. The summed E-state index contributed by atoms with van der Waals surface area (Å²) in [5.41, 5.74) is 7.11. The van der Waals surface area contributed by atoms with Crippen molar-refractivity contribution in [1.82, 2.24) is 0 Å². The predicted octanol–water partition coefficient (Wildman–Crippen LogP) is 1.93. The number of carbonyl (C=O) groups is 1. The van der Waals surface area contributed by atoms with Gasteiger partial charge in [-0.1, -0.05) is 36.7 Å². The predicted molar refractivity (Wildman–Crippen MR) is 77.6 cm³/mol. The average molecular weight is 279 g/mol. The van der Waals surface area contributed by atoms with Gasteiger partial charge in [0.2, 0.25) is 5.91 Å². The Hall–Kier alpha value is -2.08. The first-order chi connectivity index (χ1) is 9.63. The number of para-hydroxylation sites is 1. The minimum absolute atomic E-state index is 0.0754. The lowest BCUT2D eigenvalue weighted by Crippen LogP contribution is -2.34. The van der Waals surface area contributed by atoms with Crippen molar-refractivity contribution in [2.24, 2.45) is 16.8 Å². The molecule has 6 nitrogen and oxygen atoms in total. The first-order valence-corrected chi connectivity index (χ1v) is 6.49. The highest BCUT2D eigenvalue weighted by Crippen LogP contribution is 2.18. The monoisotopic (exact) mass is 279 g/mol. The van der Waals surface area contributed by atoms with Gasteiger partial charge in [0.05, 0.1) is 12.5 Å². The van der Waals surface area contributed by atoms with Crippen molar-refractivity contribution in [3.8, 4) is 0 Å². The van der Waals surface area contributed by atoms with E-state index in [4.69, 9.17) is 15.7 Å². The molecule has 20 heavy (non-hydrogen) atoms. The van der Waals surface area contributed by atoms with E-state index in [1.807, 2.05) is 25.1 Å². The Morgan fingerprint density at radius 1 is 1.50 bits per heavy atom. The van der Waals surface area contributed by atoms with Gasteiger partial charge in [-0.25, -0.2) is 0 Å². The van der Waals surface area contributed by atoms with Crippen LogP contribution in [-0.2, 0) is 16.1 Å². The van der Waals surface area contributed by atoms with Gasteiger partial charge in [-0.2, -0.15) is 0 Å². The number of amidine groups is 1. The largest absolute Gasteiger partial charge is 0.409 e. The lowest BCUT2D eigenvalue weighted by atomic mass is 10.0. The molecule has 0 saturated carbocycles. The second-order valence-corrected chi connectivity index (χ2v) is 4.45. The summed E-state index contributed by atoms with van der Waals surface area (Å²) in [6.45, 7) is 2.34. The fraction of sp³-hybridized carbons (Fsp3) is 0.429. The minimum Gasteiger partial charge on any atom is -0.409 e. The van der Waals surface area contributed by atoms with E-state index < -0.39 is 5.92 Å². The molecule has 1 rings (SSSR count). The molecule has 0 bridgehead atoms. The van der Waals surface area contributed by atoms with Gasteiger partial charge in [0.15, 0.2) is 5.84 Å². The zero-order valence-electron chi connectivity index (χ0n) is 11.8. The molecular formula is C14H21N3O3. The van der Waals surface area contributed by atoms with Gasteiger partial charge in [0, 0.05) is 18.4 Å². The summed E-state index contributed by atoms with van der Waals surface area (Å²) < 4.78 is 5.09. The molecule has 110 valence electrons. The maximum atomic E-state index is 12.2. The summed E-state index contributed by atoms with van der Waals surface area (Å²) in [5, 5.41) is 14.5. The highest BCUT2D eigenvalue weighted by atomic mass is 16.5. The fourth-order valence-electron chi connectivity index (χ4n) is 1.92. The summed E-state index contributed by atoms with van der Waals surface area (Å²) in [6.07, 6.45) is 1.28. The van der Waals surface area contributed by atoms with Crippen LogP contribution in [0, 0.1) is 5.92 Å². The van der Waals surface area contributed by atoms with Crippen LogP contribution >= 0.6 is 0 Å². The molecule has 0 aliphatic rings. The number of benzene rings is 1. The molecule has 1 amide bonds. The van der Waals surface area contributed by atoms with E-state index in [9.17, 15) is 4.79 Å². The standard InChI is InChI=1S/C14H21N3O3/c1-3-6-11(13(15)17-19)14(18)16-12-8-5-4-7-10(12)9-20-2/h4-5,7-8,11,19H,3,6,9H2,1-2H3,(H2,15,17)(H,16,18). The molecule has 1 aromatic rings. The van der Waals surface area contributed by atoms with Crippen LogP contribution in [0.15, 0.2) is 29.4 Å². The number of anilines is 1. The van der Waals surface area contributed by atoms with Crippen LogP contribution in [0.5, 0.6) is 0 Å². The first kappa shape index (κ1) is 16.0. The van der Waals surface area contributed by atoms with E-state index in [1.54, 1.807) is 13.2 Å². The van der Waals surface area contributed by atoms with E-state index in [2.05, 4.69) is 10.5 Å². The Kier molecular flexibility index (Phi) is 6.52. The summed E-state index contributed by atoms with van der Waals surface area (Å²) >= 11 is 0. The average Bonchev–Trinajstić information content (AvgIpc) is 2.46. The van der Waals surface area contributed by atoms with Crippen LogP contribution in [0.4, 0.5) is 5.69 Å². The Morgan fingerprint density at radius 3 is 2.80 bits per heavy atom. The Morgan fingerprint density at radius 2 is 2.20 bits per heavy atom. The third kappa shape index (κ3) is 4.24. The van der Waals surface area contributed by atoms with E-state index in [0.717, 1.165) is 12.0 Å². The maximum absolute atomic E-state index is 12.2. The summed E-state index contributed by atoms with van der Waals surface area (Å²) in [6, 6.07) is 7.36. The van der Waals surface area contributed by atoms with Crippen LogP contribution in [0.3, 0.4) is 0 Å². The summed E-state index contributed by atoms with van der Waals surface area (Å²) in [7, 11) is 1.59. The van der Waals surface area contributed by atoms with Crippen molar-refractivity contribution in [1.29, 1.82) is 0 Å². The van der Waals surface area contributed by atoms with Crippen LogP contribution in [0.25, 0.3) is 0 Å². The van der Waals surface area contributed by atoms with E-state index >= 15 is 0 Å². The normalized spacial score (nSPS) is 13.0. The molecule has 0 aliphatic heterocycles. The number of nitrogens with two attached hydrogens (primary N) is 1. The number of ether oxygens (including phenoxy) is 1. The van der Waals surface area contributed by atoms with Crippen molar-refractivity contribution in [3.63, 3.8) is 0 Å². The highest BCUT2D eigenvalue weighted by molar-refractivity contribution is 6.07. The molecule has 0 fully saturated rings. The van der Waals surface area contributed by atoms with Crippen molar-refractivity contribution >= 4 is 17.4 Å². The number of methoxy groups -OCH3 is 1. The molecule has 0 heterocycles. The molecule has 0 aromatic heterocycles. The quantitative estimate of drug-likeness (QED) is 0.307. The fourth-order valence-corrected chi connectivity index (χ4v) is 1.92. The lowest BCUT2D eigenvalue weighted by molar-refractivity contribution is -0.118. The van der Waals surface area contributed by atoms with E-state index in [0.29, 0.717) is 18.7 Å². The van der Waals surface area contributed by atoms with Gasteiger partial charge in [0.1, 0.15) is 0 Å². The molecule has 1 unspecified atom stereocenters. The molecule has 6 heteroatoms. The topological polar surface area (TPSA) is 96.9 Å². The van der Waals surface area contributed by atoms with Crippen LogP contribution in [0.1, 0.15) is 25.3 Å². The number of carbonyl (C=O) groups excluding carboxylic acids is 1. The number of rotatable bonds is 7. The van der Waals surface area contributed by atoms with Gasteiger partial charge in [-0.3, -0.25) is 4.79 Å². The van der Waals surface area contributed by atoms with Crippen molar-refractivity contribution in [2.45, 2.75) is 26.4 Å². The number of oxime groups is 1. The van der Waals surface area contributed by atoms with Gasteiger partial charge >= 0.3 is 0 Å². The second-order valence-electron chi connectivity index (χ2n) is 4.45. The van der Waals surface area contributed by atoms with Crippen LogP contribution < -0.4 is 11.1 Å². The number of hydrogen-bond donors (Lipinski definition) is 3. The lowest BCUT2D eigenvalue weighted by Gasteiger charge is -2.16. The smallest absolute Gasteiger partial charge is 0.235 e. The van der Waals surface area contributed by atoms with Crippen molar-refractivity contribution < 1.29 is 14.7 Å². The Balaban J connectivity index is 2.88. The van der Waals surface area contributed by atoms with Gasteiger partial charge in [-0.15, -0.1) is 0 Å². The summed E-state index contributed by atoms with van der Waals surface area (Å²) in [5.74, 6) is -1.00. The van der Waals surface area contributed by atoms with Gasteiger partial charge in [0.25, 0.3) is 0 Å². The SMILES string of the molecule is CCCC(C(=O)Nc1ccccc1COC)C(N)=NO. The number of hydrogen-bond acceptors (Lipinski definition) is 4. The number of nitrogens with zero attached hydrogens (tertiary/aromatic N) is 1. The minimum atomic E-state index is -0.638. The molecule has 0 spiro atoms. The van der Waals surface area contributed by atoms with E-state index in [1.165, 1.54) is 0 Å². The molecule has 0 saturated heterocycles. The van der Waals surface area contributed by atoms with Crippen LogP contribution in [0.2, 0.25) is 0 Å². The highest BCUT2D eigenvalue weighted by Gasteiger charge is 2.22. The maximum Gasteiger partial charge on any atom is 0.235 e. The third-order valence-electron chi connectivity index (χ3n) is 2.94. The molecule has 1 atom stereocenters. The Labute approximate surface area is 118 Å². The molecular weight excluding hydrogens is 258 g/mol. The Bertz CT molecular complexity index is 474. The third-order valence-corrected chi connectivity index (χ3v) is 2.94. The van der Waals surface area contributed by atoms with Crippen molar-refractivity contribution in [2.75, 3.05) is 12.4 Å². The molecule has 0 aliphatic carbocycles. The van der Waals surface area contributed by atoms with E-state index in [-0.39, 0.29) is 11.7 Å². The second kappa shape index (κ2) is 8.16. The summed E-state index contributed by atoms with van der Waals surface area (Å²) in [4.78, 5) is 12.2. The number of nitrogens with one attached hydrogen (secondary N) is 1. The number of amides is 1. The molecule has 0 radical (unpaired) electrons.